The minimum Gasteiger partial charge on any atom is -0.464 e. The highest BCUT2D eigenvalue weighted by Gasteiger charge is 2.28. The van der Waals surface area contributed by atoms with Gasteiger partial charge in [-0.2, -0.15) is 0 Å². The maximum Gasteiger partial charge on any atom is 0.360 e. The molecule has 1 aromatic heterocycles. The fraction of sp³-hybridized carbons (Fsp3) is 0.750. The number of methoxy groups -OCH3 is 1. The summed E-state index contributed by atoms with van der Waals surface area (Å²) >= 11 is 0. The van der Waals surface area contributed by atoms with Crippen LogP contribution in [0.5, 0.6) is 0 Å². The van der Waals surface area contributed by atoms with Gasteiger partial charge in [-0.25, -0.2) is 9.48 Å². The van der Waals surface area contributed by atoms with Crippen molar-refractivity contribution < 1.29 is 14.6 Å². The predicted octanol–water partition coefficient (Wildman–Crippen LogP) is -0.0859. The molecular weight excluding hydrogens is 248 g/mol. The number of aliphatic hydroxyl groups excluding tert-OH is 1. The van der Waals surface area contributed by atoms with E-state index in [-0.39, 0.29) is 12.5 Å². The molecule has 1 fully saturated rings. The van der Waals surface area contributed by atoms with Gasteiger partial charge in [0.15, 0.2) is 5.69 Å². The van der Waals surface area contributed by atoms with Gasteiger partial charge in [0.25, 0.3) is 0 Å². The molecule has 0 unspecified atom stereocenters. The normalized spacial score (nSPS) is 16.5. The minimum atomic E-state index is -0.441. The van der Waals surface area contributed by atoms with Crippen molar-refractivity contribution in [2.75, 3.05) is 26.8 Å². The molecule has 1 aliphatic heterocycles. The maximum absolute atomic E-state index is 11.8. The monoisotopic (exact) mass is 268 g/mol. The SMILES string of the molecule is COC(=O)c1nnn(CCCO)c1C1CCNCC1. The highest BCUT2D eigenvalue weighted by molar-refractivity contribution is 5.88. The fourth-order valence-electron chi connectivity index (χ4n) is 2.45. The summed E-state index contributed by atoms with van der Waals surface area (Å²) in [7, 11) is 1.35. The molecular formula is C12H20N4O3. The molecule has 0 atom stereocenters. The molecule has 2 N–H and O–H groups in total. The van der Waals surface area contributed by atoms with Crippen molar-refractivity contribution in [2.24, 2.45) is 0 Å². The third-order valence-electron chi connectivity index (χ3n) is 3.41. The van der Waals surface area contributed by atoms with E-state index in [2.05, 4.69) is 15.6 Å². The molecule has 0 amide bonds. The van der Waals surface area contributed by atoms with Crippen LogP contribution in [0.3, 0.4) is 0 Å². The Balaban J connectivity index is 2.28. The lowest BCUT2D eigenvalue weighted by molar-refractivity contribution is 0.0591. The van der Waals surface area contributed by atoms with E-state index in [4.69, 9.17) is 9.84 Å². The summed E-state index contributed by atoms with van der Waals surface area (Å²) in [6, 6.07) is 0. The first kappa shape index (κ1) is 14.0. The number of hydrogen-bond donors (Lipinski definition) is 2. The smallest absolute Gasteiger partial charge is 0.360 e. The number of nitrogens with zero attached hydrogens (tertiary/aromatic N) is 3. The molecule has 0 aromatic carbocycles. The number of piperidine rings is 1. The Kier molecular flexibility index (Phi) is 4.86. The van der Waals surface area contributed by atoms with Gasteiger partial charge >= 0.3 is 5.97 Å². The fourth-order valence-corrected chi connectivity index (χ4v) is 2.45. The second-order valence-electron chi connectivity index (χ2n) is 4.64. The lowest BCUT2D eigenvalue weighted by atomic mass is 9.93. The van der Waals surface area contributed by atoms with E-state index in [0.717, 1.165) is 31.6 Å². The number of aryl methyl sites for hydroxylation is 1. The van der Waals surface area contributed by atoms with Gasteiger partial charge in [-0.15, -0.1) is 5.10 Å². The van der Waals surface area contributed by atoms with E-state index >= 15 is 0 Å². The Morgan fingerprint density at radius 3 is 2.89 bits per heavy atom. The second kappa shape index (κ2) is 6.63. The Labute approximate surface area is 111 Å². The van der Waals surface area contributed by atoms with Crippen molar-refractivity contribution in [3.63, 3.8) is 0 Å². The number of aliphatic hydroxyl groups is 1. The molecule has 0 radical (unpaired) electrons. The van der Waals surface area contributed by atoms with E-state index in [1.807, 2.05) is 0 Å². The first-order valence-electron chi connectivity index (χ1n) is 6.61. The summed E-state index contributed by atoms with van der Waals surface area (Å²) in [5.41, 5.74) is 1.16. The molecule has 1 aliphatic rings. The highest BCUT2D eigenvalue weighted by atomic mass is 16.5. The van der Waals surface area contributed by atoms with Crippen LogP contribution in [0.1, 0.15) is 41.4 Å². The summed E-state index contributed by atoms with van der Waals surface area (Å²) in [5, 5.41) is 20.2. The molecule has 1 aromatic rings. The molecule has 0 bridgehead atoms. The van der Waals surface area contributed by atoms with Crippen LogP contribution in [-0.4, -0.2) is 52.9 Å². The Bertz CT molecular complexity index is 427. The van der Waals surface area contributed by atoms with Crippen LogP contribution in [-0.2, 0) is 11.3 Å². The van der Waals surface area contributed by atoms with Gasteiger partial charge in [-0.3, -0.25) is 0 Å². The average Bonchev–Trinajstić information content (AvgIpc) is 2.89. The quantitative estimate of drug-likeness (QED) is 0.726. The van der Waals surface area contributed by atoms with Gasteiger partial charge in [0, 0.05) is 19.1 Å². The standard InChI is InChI=1S/C12H20N4O3/c1-19-12(18)10-11(9-3-5-13-6-4-9)16(15-14-10)7-2-8-17/h9,13,17H,2-8H2,1H3. The number of rotatable bonds is 5. The molecule has 0 aliphatic carbocycles. The Morgan fingerprint density at radius 2 is 2.26 bits per heavy atom. The third kappa shape index (κ3) is 3.10. The van der Waals surface area contributed by atoms with Crippen LogP contribution in [0.2, 0.25) is 0 Å². The number of aromatic nitrogens is 3. The maximum atomic E-state index is 11.8. The minimum absolute atomic E-state index is 0.0963. The largest absolute Gasteiger partial charge is 0.464 e. The van der Waals surface area contributed by atoms with Gasteiger partial charge in [0.1, 0.15) is 0 Å². The van der Waals surface area contributed by atoms with Crippen molar-refractivity contribution in [2.45, 2.75) is 31.7 Å². The van der Waals surface area contributed by atoms with Crippen molar-refractivity contribution in [1.29, 1.82) is 0 Å². The van der Waals surface area contributed by atoms with E-state index in [1.54, 1.807) is 4.68 Å². The zero-order valence-electron chi connectivity index (χ0n) is 11.1. The molecule has 1 saturated heterocycles. The summed E-state index contributed by atoms with van der Waals surface area (Å²) in [5.74, 6) is -0.173. The molecule has 0 spiro atoms. The topological polar surface area (TPSA) is 89.3 Å². The van der Waals surface area contributed by atoms with E-state index in [9.17, 15) is 4.79 Å². The average molecular weight is 268 g/mol. The van der Waals surface area contributed by atoms with E-state index < -0.39 is 5.97 Å². The van der Waals surface area contributed by atoms with E-state index in [0.29, 0.717) is 18.7 Å². The van der Waals surface area contributed by atoms with Gasteiger partial charge in [-0.1, -0.05) is 5.21 Å². The van der Waals surface area contributed by atoms with Crippen molar-refractivity contribution in [1.82, 2.24) is 20.3 Å². The molecule has 2 heterocycles. The van der Waals surface area contributed by atoms with Crippen LogP contribution in [0.4, 0.5) is 0 Å². The lowest BCUT2D eigenvalue weighted by Crippen LogP contribution is -2.29. The Hall–Kier alpha value is -1.47. The number of esters is 1. The highest BCUT2D eigenvalue weighted by Crippen LogP contribution is 2.27. The predicted molar refractivity (Wildman–Crippen MR) is 67.9 cm³/mol. The Morgan fingerprint density at radius 1 is 1.53 bits per heavy atom. The summed E-state index contributed by atoms with van der Waals surface area (Å²) in [4.78, 5) is 11.8. The summed E-state index contributed by atoms with van der Waals surface area (Å²) in [6.45, 7) is 2.52. The molecule has 7 heteroatoms. The van der Waals surface area contributed by atoms with Gasteiger partial charge in [-0.05, 0) is 32.4 Å². The second-order valence-corrected chi connectivity index (χ2v) is 4.64. The van der Waals surface area contributed by atoms with Crippen LogP contribution in [0.15, 0.2) is 0 Å². The number of hydrogen-bond acceptors (Lipinski definition) is 6. The van der Waals surface area contributed by atoms with Crippen LogP contribution in [0, 0.1) is 0 Å². The molecule has 19 heavy (non-hydrogen) atoms. The van der Waals surface area contributed by atoms with Crippen LogP contribution in [0.25, 0.3) is 0 Å². The van der Waals surface area contributed by atoms with Crippen LogP contribution < -0.4 is 5.32 Å². The van der Waals surface area contributed by atoms with E-state index in [1.165, 1.54) is 7.11 Å². The number of ether oxygens (including phenoxy) is 1. The molecule has 2 rings (SSSR count). The first-order chi connectivity index (χ1) is 9.27. The molecule has 106 valence electrons. The third-order valence-corrected chi connectivity index (χ3v) is 3.41. The van der Waals surface area contributed by atoms with Crippen molar-refractivity contribution in [3.05, 3.63) is 11.4 Å². The number of nitrogens with one attached hydrogen (secondary N) is 1. The zero-order valence-corrected chi connectivity index (χ0v) is 11.1. The first-order valence-corrected chi connectivity index (χ1v) is 6.61. The van der Waals surface area contributed by atoms with Crippen LogP contribution >= 0.6 is 0 Å². The molecule has 7 nitrogen and oxygen atoms in total. The number of carbonyl (C=O) groups is 1. The van der Waals surface area contributed by atoms with Gasteiger partial charge in [0.05, 0.1) is 12.8 Å². The van der Waals surface area contributed by atoms with Crippen molar-refractivity contribution in [3.8, 4) is 0 Å². The molecule has 0 saturated carbocycles. The lowest BCUT2D eigenvalue weighted by Gasteiger charge is -2.23. The number of carbonyl (C=O) groups excluding carboxylic acids is 1. The summed E-state index contributed by atoms with van der Waals surface area (Å²) < 4.78 is 6.50. The van der Waals surface area contributed by atoms with Crippen molar-refractivity contribution >= 4 is 5.97 Å². The van der Waals surface area contributed by atoms with Gasteiger partial charge in [0.2, 0.25) is 0 Å². The zero-order chi connectivity index (χ0) is 13.7. The summed E-state index contributed by atoms with van der Waals surface area (Å²) in [6.07, 6.45) is 2.51. The van der Waals surface area contributed by atoms with Gasteiger partial charge < -0.3 is 15.2 Å².